The number of alkyl halides is 5. The van der Waals surface area contributed by atoms with Crippen molar-refractivity contribution in [3.63, 3.8) is 0 Å². The molecule has 114 valence electrons. The fourth-order valence-corrected chi connectivity index (χ4v) is 1.60. The average molecular weight is 309 g/mol. The molecule has 5 nitrogen and oxygen atoms in total. The second-order valence-electron chi connectivity index (χ2n) is 4.12. The largest absolute Gasteiger partial charge is 0.464 e. The van der Waals surface area contributed by atoms with Gasteiger partial charge in [-0.2, -0.15) is 27.1 Å². The molecule has 21 heavy (non-hydrogen) atoms. The highest BCUT2D eigenvalue weighted by atomic mass is 19.4. The number of hydrogen-bond donors (Lipinski definition) is 0. The Labute approximate surface area is 114 Å². The van der Waals surface area contributed by atoms with Gasteiger partial charge < -0.3 is 4.74 Å². The lowest BCUT2D eigenvalue weighted by atomic mass is 10.2. The van der Waals surface area contributed by atoms with Crippen LogP contribution >= 0.6 is 0 Å². The van der Waals surface area contributed by atoms with Crippen molar-refractivity contribution in [1.29, 1.82) is 0 Å². The normalized spacial score (nSPS) is 12.7. The molecule has 0 aliphatic heterocycles. The maximum atomic E-state index is 13.0. The van der Waals surface area contributed by atoms with Crippen LogP contribution < -0.4 is 0 Å². The summed E-state index contributed by atoms with van der Waals surface area (Å²) in [6, 6.07) is 1.19. The predicted molar refractivity (Wildman–Crippen MR) is 59.9 cm³/mol. The zero-order valence-electron chi connectivity index (χ0n) is 10.5. The summed E-state index contributed by atoms with van der Waals surface area (Å²) in [7, 11) is 1.13. The number of aromatic nitrogens is 3. The number of carbonyl (C=O) groups is 1. The second-order valence-corrected chi connectivity index (χ2v) is 4.12. The highest BCUT2D eigenvalue weighted by Gasteiger charge is 2.57. The van der Waals surface area contributed by atoms with Crippen LogP contribution in [0.1, 0.15) is 10.5 Å². The Hall–Kier alpha value is -2.26. The summed E-state index contributed by atoms with van der Waals surface area (Å²) in [5.74, 6) is -5.68. The van der Waals surface area contributed by atoms with Crippen molar-refractivity contribution in [1.82, 2.24) is 14.8 Å². The van der Waals surface area contributed by atoms with Gasteiger partial charge in [-0.25, -0.2) is 9.78 Å². The molecule has 10 heteroatoms. The number of hydrogen-bond acceptors (Lipinski definition) is 4. The fraction of sp³-hybridized carbons (Fsp3) is 0.364. The standard InChI is InChI=1S/C11H8F5N3O2/c1-21-9(20)7-2-6-3-18-19(8(6)4-17-7)5-10(12,13)11(14,15)16/h2-4H,5H2,1H3. The first-order valence-corrected chi connectivity index (χ1v) is 5.50. The number of carbonyl (C=O) groups excluding carboxylic acids is 1. The summed E-state index contributed by atoms with van der Waals surface area (Å²) in [5, 5.41) is 3.66. The van der Waals surface area contributed by atoms with Gasteiger partial charge in [-0.1, -0.05) is 0 Å². The molecule has 0 unspecified atom stereocenters. The Balaban J connectivity index is 2.38. The van der Waals surface area contributed by atoms with Crippen LogP contribution in [-0.4, -0.2) is 39.9 Å². The molecule has 2 rings (SSSR count). The Bertz CT molecular complexity index is 680. The van der Waals surface area contributed by atoms with Gasteiger partial charge in [-0.05, 0) is 6.07 Å². The van der Waals surface area contributed by atoms with E-state index in [0.29, 0.717) is 4.68 Å². The van der Waals surface area contributed by atoms with Gasteiger partial charge in [0.25, 0.3) is 0 Å². The predicted octanol–water partition coefficient (Wildman–Crippen LogP) is 2.42. The van der Waals surface area contributed by atoms with Crippen LogP contribution in [0.3, 0.4) is 0 Å². The van der Waals surface area contributed by atoms with E-state index in [0.717, 1.165) is 19.5 Å². The van der Waals surface area contributed by atoms with Crippen LogP contribution in [0.4, 0.5) is 22.0 Å². The monoisotopic (exact) mass is 309 g/mol. The van der Waals surface area contributed by atoms with Crippen molar-refractivity contribution >= 4 is 16.9 Å². The van der Waals surface area contributed by atoms with Crippen molar-refractivity contribution in [2.24, 2.45) is 0 Å². The third kappa shape index (κ3) is 2.78. The highest BCUT2D eigenvalue weighted by molar-refractivity contribution is 5.91. The van der Waals surface area contributed by atoms with E-state index < -0.39 is 24.6 Å². The SMILES string of the molecule is COC(=O)c1cc2cnn(CC(F)(F)C(F)(F)F)c2cn1. The van der Waals surface area contributed by atoms with Crippen molar-refractivity contribution in [3.8, 4) is 0 Å². The van der Waals surface area contributed by atoms with Crippen LogP contribution in [0.15, 0.2) is 18.5 Å². The first-order valence-electron chi connectivity index (χ1n) is 5.50. The quantitative estimate of drug-likeness (QED) is 0.645. The minimum Gasteiger partial charge on any atom is -0.464 e. The van der Waals surface area contributed by atoms with E-state index in [9.17, 15) is 26.7 Å². The minimum absolute atomic E-state index is 0.0495. The molecule has 0 radical (unpaired) electrons. The first-order chi connectivity index (χ1) is 9.65. The first kappa shape index (κ1) is 15.1. The molecule has 2 aromatic rings. The smallest absolute Gasteiger partial charge is 0.455 e. The fourth-order valence-electron chi connectivity index (χ4n) is 1.60. The summed E-state index contributed by atoms with van der Waals surface area (Å²) in [6.07, 6.45) is -3.62. The van der Waals surface area contributed by atoms with E-state index in [1.807, 2.05) is 0 Å². The molecule has 0 fully saturated rings. The molecule has 2 heterocycles. The van der Waals surface area contributed by atoms with E-state index in [1.165, 1.54) is 6.07 Å². The summed E-state index contributed by atoms with van der Waals surface area (Å²) in [6.45, 7) is -1.67. The Morgan fingerprint density at radius 2 is 1.95 bits per heavy atom. The van der Waals surface area contributed by atoms with Crippen LogP contribution in [0.25, 0.3) is 10.9 Å². The third-order valence-corrected chi connectivity index (χ3v) is 2.69. The molecule has 0 bridgehead atoms. The molecule has 0 aromatic carbocycles. The van der Waals surface area contributed by atoms with Crippen molar-refractivity contribution in [2.45, 2.75) is 18.6 Å². The molecule has 2 aromatic heterocycles. The number of methoxy groups -OCH3 is 1. The molecular weight excluding hydrogens is 301 g/mol. The van der Waals surface area contributed by atoms with Gasteiger partial charge in [0.1, 0.15) is 12.2 Å². The Morgan fingerprint density at radius 1 is 1.29 bits per heavy atom. The third-order valence-electron chi connectivity index (χ3n) is 2.69. The van der Waals surface area contributed by atoms with Crippen LogP contribution in [-0.2, 0) is 11.3 Å². The molecule has 0 saturated carbocycles. The summed E-state index contributed by atoms with van der Waals surface area (Å²) >= 11 is 0. The van der Waals surface area contributed by atoms with Gasteiger partial charge in [0.2, 0.25) is 0 Å². The molecule has 0 N–H and O–H groups in total. The number of nitrogens with zero attached hydrogens (tertiary/aromatic N) is 3. The van der Waals surface area contributed by atoms with Crippen molar-refractivity contribution in [3.05, 3.63) is 24.2 Å². The van der Waals surface area contributed by atoms with Crippen LogP contribution in [0.5, 0.6) is 0 Å². The molecule has 0 aliphatic rings. The zero-order chi connectivity index (χ0) is 15.8. The lowest BCUT2D eigenvalue weighted by Crippen LogP contribution is -2.40. The van der Waals surface area contributed by atoms with Crippen LogP contribution in [0, 0.1) is 0 Å². The highest BCUT2D eigenvalue weighted by Crippen LogP contribution is 2.37. The van der Waals surface area contributed by atoms with Crippen molar-refractivity contribution in [2.75, 3.05) is 7.11 Å². The Kier molecular flexibility index (Phi) is 3.56. The van der Waals surface area contributed by atoms with Gasteiger partial charge in [-0.15, -0.1) is 0 Å². The average Bonchev–Trinajstić information content (AvgIpc) is 2.78. The molecule has 0 atom stereocenters. The lowest BCUT2D eigenvalue weighted by Gasteiger charge is -2.19. The molecular formula is C11H8F5N3O2. The number of esters is 1. The summed E-state index contributed by atoms with van der Waals surface area (Å²) in [4.78, 5) is 14.9. The zero-order valence-corrected chi connectivity index (χ0v) is 10.5. The lowest BCUT2D eigenvalue weighted by molar-refractivity contribution is -0.287. The van der Waals surface area contributed by atoms with E-state index in [1.54, 1.807) is 0 Å². The number of halogens is 5. The summed E-state index contributed by atoms with van der Waals surface area (Å²) < 4.78 is 67.4. The Morgan fingerprint density at radius 3 is 2.52 bits per heavy atom. The number of pyridine rings is 1. The van der Waals surface area contributed by atoms with Crippen molar-refractivity contribution < 1.29 is 31.5 Å². The number of fused-ring (bicyclic) bond motifs is 1. The van der Waals surface area contributed by atoms with Gasteiger partial charge in [0.15, 0.2) is 0 Å². The number of rotatable bonds is 3. The molecule has 0 saturated heterocycles. The van der Waals surface area contributed by atoms with Gasteiger partial charge in [0.05, 0.1) is 25.0 Å². The van der Waals surface area contributed by atoms with E-state index in [4.69, 9.17) is 0 Å². The van der Waals surface area contributed by atoms with Gasteiger partial charge in [-0.3, -0.25) is 4.68 Å². The minimum atomic E-state index is -5.68. The maximum absolute atomic E-state index is 13.0. The van der Waals surface area contributed by atoms with Crippen LogP contribution in [0.2, 0.25) is 0 Å². The second kappa shape index (κ2) is 4.93. The number of ether oxygens (including phenoxy) is 1. The molecule has 0 spiro atoms. The topological polar surface area (TPSA) is 57.0 Å². The molecule has 0 aliphatic carbocycles. The van der Waals surface area contributed by atoms with E-state index >= 15 is 0 Å². The van der Waals surface area contributed by atoms with E-state index in [2.05, 4.69) is 14.8 Å². The molecule has 0 amide bonds. The van der Waals surface area contributed by atoms with Gasteiger partial charge in [0, 0.05) is 5.39 Å². The maximum Gasteiger partial charge on any atom is 0.455 e. The van der Waals surface area contributed by atoms with Gasteiger partial charge >= 0.3 is 18.1 Å². The van der Waals surface area contributed by atoms with E-state index in [-0.39, 0.29) is 16.6 Å². The summed E-state index contributed by atoms with van der Waals surface area (Å²) in [5.41, 5.74) is -0.154.